The van der Waals surface area contributed by atoms with Crippen molar-refractivity contribution < 1.29 is 9.26 Å². The van der Waals surface area contributed by atoms with Crippen LogP contribution < -0.4 is 10.1 Å². The van der Waals surface area contributed by atoms with Gasteiger partial charge in [0, 0.05) is 24.2 Å². The molecule has 0 amide bonds. The summed E-state index contributed by atoms with van der Waals surface area (Å²) < 4.78 is 10.4. The zero-order valence-corrected chi connectivity index (χ0v) is 12.3. The van der Waals surface area contributed by atoms with E-state index in [4.69, 9.17) is 9.26 Å². The van der Waals surface area contributed by atoms with Crippen LogP contribution in [-0.2, 0) is 6.42 Å². The molecular formula is C17H17N3O2. The quantitative estimate of drug-likeness (QED) is 0.755. The maximum absolute atomic E-state index is 5.30. The molecule has 1 heterocycles. The molecule has 0 aliphatic rings. The number of nitrogens with one attached hydrogen (secondary N) is 1. The van der Waals surface area contributed by atoms with Crippen LogP contribution in [0.15, 0.2) is 59.1 Å². The molecule has 3 rings (SSSR count). The molecule has 0 fully saturated rings. The molecule has 0 spiro atoms. The highest BCUT2D eigenvalue weighted by Crippen LogP contribution is 2.20. The van der Waals surface area contributed by atoms with E-state index in [9.17, 15) is 0 Å². The summed E-state index contributed by atoms with van der Waals surface area (Å²) in [7, 11) is 1.64. The Morgan fingerprint density at radius 1 is 1.05 bits per heavy atom. The number of hydrogen-bond acceptors (Lipinski definition) is 5. The van der Waals surface area contributed by atoms with E-state index in [0.29, 0.717) is 18.1 Å². The molecule has 3 aromatic rings. The molecule has 1 N–H and O–H groups in total. The van der Waals surface area contributed by atoms with E-state index >= 15 is 0 Å². The monoisotopic (exact) mass is 295 g/mol. The molecule has 5 nitrogen and oxygen atoms in total. The molecule has 0 unspecified atom stereocenters. The Bertz CT molecular complexity index is 708. The third-order valence-electron chi connectivity index (χ3n) is 3.26. The van der Waals surface area contributed by atoms with Crippen LogP contribution >= 0.6 is 0 Å². The minimum Gasteiger partial charge on any atom is -0.497 e. The van der Waals surface area contributed by atoms with Crippen molar-refractivity contribution in [1.82, 2.24) is 10.1 Å². The van der Waals surface area contributed by atoms with Crippen molar-refractivity contribution in [2.24, 2.45) is 0 Å². The number of hydrogen-bond donors (Lipinski definition) is 1. The van der Waals surface area contributed by atoms with Gasteiger partial charge < -0.3 is 14.6 Å². The molecule has 22 heavy (non-hydrogen) atoms. The van der Waals surface area contributed by atoms with Gasteiger partial charge in [-0.1, -0.05) is 23.4 Å². The van der Waals surface area contributed by atoms with Gasteiger partial charge in [0.25, 0.3) is 5.89 Å². The molecule has 0 saturated heterocycles. The third kappa shape index (κ3) is 3.44. The molecule has 0 radical (unpaired) electrons. The van der Waals surface area contributed by atoms with E-state index in [0.717, 1.165) is 23.5 Å². The van der Waals surface area contributed by atoms with Crippen molar-refractivity contribution in [1.29, 1.82) is 0 Å². The number of aromatic nitrogens is 2. The largest absolute Gasteiger partial charge is 0.497 e. The lowest BCUT2D eigenvalue weighted by atomic mass is 10.2. The predicted octanol–water partition coefficient (Wildman–Crippen LogP) is 3.40. The van der Waals surface area contributed by atoms with E-state index in [-0.39, 0.29) is 0 Å². The van der Waals surface area contributed by atoms with Crippen LogP contribution in [0, 0.1) is 0 Å². The van der Waals surface area contributed by atoms with Crippen molar-refractivity contribution in [2.75, 3.05) is 19.0 Å². The maximum atomic E-state index is 5.30. The second-order valence-electron chi connectivity index (χ2n) is 4.79. The van der Waals surface area contributed by atoms with Crippen molar-refractivity contribution in [3.05, 3.63) is 60.4 Å². The number of ether oxygens (including phenoxy) is 1. The maximum Gasteiger partial charge on any atom is 0.257 e. The van der Waals surface area contributed by atoms with Crippen LogP contribution in [0.2, 0.25) is 0 Å². The molecule has 2 aromatic carbocycles. The molecular weight excluding hydrogens is 278 g/mol. The molecule has 0 aliphatic heterocycles. The summed E-state index contributed by atoms with van der Waals surface area (Å²) in [4.78, 5) is 4.41. The molecule has 0 atom stereocenters. The van der Waals surface area contributed by atoms with Gasteiger partial charge >= 0.3 is 0 Å². The van der Waals surface area contributed by atoms with Crippen molar-refractivity contribution >= 4 is 5.69 Å². The summed E-state index contributed by atoms with van der Waals surface area (Å²) in [5.74, 6) is 2.02. The van der Waals surface area contributed by atoms with Gasteiger partial charge in [-0.3, -0.25) is 0 Å². The second kappa shape index (κ2) is 6.76. The number of methoxy groups -OCH3 is 1. The van der Waals surface area contributed by atoms with Crippen molar-refractivity contribution in [3.8, 4) is 17.2 Å². The lowest BCUT2D eigenvalue weighted by Crippen LogP contribution is -2.05. The van der Waals surface area contributed by atoms with Gasteiger partial charge in [0.05, 0.1) is 7.11 Å². The Balaban J connectivity index is 1.58. The summed E-state index contributed by atoms with van der Waals surface area (Å²) in [6, 6.07) is 17.6. The van der Waals surface area contributed by atoms with Crippen LogP contribution in [-0.4, -0.2) is 23.8 Å². The summed E-state index contributed by atoms with van der Waals surface area (Å²) in [5, 5.41) is 7.33. The highest BCUT2D eigenvalue weighted by molar-refractivity contribution is 5.54. The van der Waals surface area contributed by atoms with Crippen LogP contribution in [0.1, 0.15) is 5.82 Å². The predicted molar refractivity (Wildman–Crippen MR) is 84.9 cm³/mol. The van der Waals surface area contributed by atoms with Crippen LogP contribution in [0.4, 0.5) is 5.69 Å². The van der Waals surface area contributed by atoms with Gasteiger partial charge in [-0.2, -0.15) is 4.98 Å². The highest BCUT2D eigenvalue weighted by Gasteiger charge is 2.08. The first-order valence-electron chi connectivity index (χ1n) is 7.11. The van der Waals surface area contributed by atoms with Gasteiger partial charge in [0.1, 0.15) is 5.75 Å². The van der Waals surface area contributed by atoms with E-state index < -0.39 is 0 Å². The number of benzene rings is 2. The average Bonchev–Trinajstić information content (AvgIpc) is 3.05. The summed E-state index contributed by atoms with van der Waals surface area (Å²) in [5.41, 5.74) is 1.97. The van der Waals surface area contributed by atoms with Gasteiger partial charge in [0.15, 0.2) is 5.82 Å². The summed E-state index contributed by atoms with van der Waals surface area (Å²) >= 11 is 0. The van der Waals surface area contributed by atoms with E-state index in [1.54, 1.807) is 7.11 Å². The lowest BCUT2D eigenvalue weighted by molar-refractivity contribution is 0.414. The smallest absolute Gasteiger partial charge is 0.257 e. The minimum atomic E-state index is 0.525. The fourth-order valence-electron chi connectivity index (χ4n) is 2.08. The molecule has 1 aromatic heterocycles. The topological polar surface area (TPSA) is 60.2 Å². The number of anilines is 1. The first-order chi connectivity index (χ1) is 10.8. The van der Waals surface area contributed by atoms with Gasteiger partial charge in [-0.05, 0) is 36.4 Å². The second-order valence-corrected chi connectivity index (χ2v) is 4.79. The van der Waals surface area contributed by atoms with Gasteiger partial charge in [-0.25, -0.2) is 0 Å². The van der Waals surface area contributed by atoms with Crippen molar-refractivity contribution in [3.63, 3.8) is 0 Å². The Morgan fingerprint density at radius 3 is 2.55 bits per heavy atom. The average molecular weight is 295 g/mol. The van der Waals surface area contributed by atoms with Crippen molar-refractivity contribution in [2.45, 2.75) is 6.42 Å². The minimum absolute atomic E-state index is 0.525. The Labute approximate surface area is 128 Å². The molecule has 0 bridgehead atoms. The van der Waals surface area contributed by atoms with Crippen LogP contribution in [0.3, 0.4) is 0 Å². The fourth-order valence-corrected chi connectivity index (χ4v) is 2.08. The number of nitrogens with zero attached hydrogens (tertiary/aromatic N) is 2. The molecule has 112 valence electrons. The molecule has 0 aliphatic carbocycles. The Morgan fingerprint density at radius 2 is 1.82 bits per heavy atom. The zero-order valence-electron chi connectivity index (χ0n) is 12.3. The van der Waals surface area contributed by atoms with E-state index in [1.165, 1.54) is 0 Å². The Kier molecular flexibility index (Phi) is 4.34. The number of para-hydroxylation sites is 1. The lowest BCUT2D eigenvalue weighted by Gasteiger charge is -2.03. The number of rotatable bonds is 6. The summed E-state index contributed by atoms with van der Waals surface area (Å²) in [6.45, 7) is 0.756. The van der Waals surface area contributed by atoms with E-state index in [2.05, 4.69) is 15.5 Å². The fraction of sp³-hybridized carbons (Fsp3) is 0.176. The standard InChI is InChI=1S/C17H17N3O2/c1-21-15-9-7-13(8-10-15)17-19-16(20-22-17)11-12-18-14-5-3-2-4-6-14/h2-10,18H,11-12H2,1H3. The Hall–Kier alpha value is -2.82. The third-order valence-corrected chi connectivity index (χ3v) is 3.26. The first-order valence-corrected chi connectivity index (χ1v) is 7.11. The zero-order chi connectivity index (χ0) is 15.2. The van der Waals surface area contributed by atoms with Gasteiger partial charge in [-0.15, -0.1) is 0 Å². The van der Waals surface area contributed by atoms with E-state index in [1.807, 2.05) is 54.6 Å². The summed E-state index contributed by atoms with van der Waals surface area (Å²) in [6.07, 6.45) is 0.703. The SMILES string of the molecule is COc1ccc(-c2nc(CCNc3ccccc3)no2)cc1. The normalized spacial score (nSPS) is 10.4. The van der Waals surface area contributed by atoms with Crippen LogP contribution in [0.5, 0.6) is 5.75 Å². The highest BCUT2D eigenvalue weighted by atomic mass is 16.5. The molecule has 0 saturated carbocycles. The first kappa shape index (κ1) is 14.1. The van der Waals surface area contributed by atoms with Gasteiger partial charge in [0.2, 0.25) is 0 Å². The molecule has 5 heteroatoms. The van der Waals surface area contributed by atoms with Crippen LogP contribution in [0.25, 0.3) is 11.5 Å².